The molecule has 0 aromatic heterocycles. The number of hydrogen-bond donors (Lipinski definition) is 2. The first-order valence-corrected chi connectivity index (χ1v) is 8.17. The van der Waals surface area contributed by atoms with Crippen LogP contribution in [0.15, 0.2) is 18.2 Å². The minimum absolute atomic E-state index is 0.182. The minimum atomic E-state index is -1.40. The largest absolute Gasteiger partial charge is 0.379 e. The molecule has 2 aliphatic rings. The average Bonchev–Trinajstić information content (AvgIpc) is 2.46. The molecule has 3 rings (SSSR count). The van der Waals surface area contributed by atoms with Crippen LogP contribution >= 0.6 is 0 Å². The van der Waals surface area contributed by atoms with Crippen LogP contribution in [0, 0.1) is 11.6 Å². The lowest BCUT2D eigenvalue weighted by atomic mass is 9.88. The van der Waals surface area contributed by atoms with Crippen molar-refractivity contribution < 1.29 is 18.7 Å². The number of aliphatic hydroxyl groups is 1. The summed E-state index contributed by atoms with van der Waals surface area (Å²) in [6.07, 6.45) is 4.48. The van der Waals surface area contributed by atoms with E-state index in [0.717, 1.165) is 25.0 Å². The summed E-state index contributed by atoms with van der Waals surface area (Å²) in [5.41, 5.74) is -0.875. The second-order valence-electron chi connectivity index (χ2n) is 6.62. The van der Waals surface area contributed by atoms with Gasteiger partial charge in [0.2, 0.25) is 0 Å². The number of nitrogens with one attached hydrogen (secondary N) is 1. The van der Waals surface area contributed by atoms with Crippen molar-refractivity contribution in [1.29, 1.82) is 0 Å². The fraction of sp³-hybridized carbons (Fsp3) is 0.588. The molecular weight excluding hydrogens is 302 g/mol. The van der Waals surface area contributed by atoms with Crippen LogP contribution < -0.4 is 5.32 Å². The summed E-state index contributed by atoms with van der Waals surface area (Å²) in [6.45, 7) is 0.954. The van der Waals surface area contributed by atoms with Crippen molar-refractivity contribution >= 4 is 5.91 Å². The van der Waals surface area contributed by atoms with Crippen LogP contribution in [0.4, 0.5) is 8.78 Å². The molecule has 0 bridgehead atoms. The number of likely N-dealkylation sites (tertiary alicyclic amines) is 1. The van der Waals surface area contributed by atoms with Crippen LogP contribution in [0.1, 0.15) is 37.7 Å². The number of nitrogens with zero attached hydrogens (tertiary/aromatic N) is 1. The van der Waals surface area contributed by atoms with Gasteiger partial charge in [0.1, 0.15) is 0 Å². The Hall–Kier alpha value is -1.53. The third kappa shape index (κ3) is 3.53. The number of carbonyl (C=O) groups is 1. The third-order valence-electron chi connectivity index (χ3n) is 4.85. The molecule has 1 saturated carbocycles. The Bertz CT molecular complexity index is 592. The van der Waals surface area contributed by atoms with Gasteiger partial charge in [-0.15, -0.1) is 0 Å². The molecule has 1 amide bonds. The van der Waals surface area contributed by atoms with E-state index in [0.29, 0.717) is 31.0 Å². The van der Waals surface area contributed by atoms with Crippen molar-refractivity contribution in [3.63, 3.8) is 0 Å². The zero-order valence-corrected chi connectivity index (χ0v) is 13.0. The van der Waals surface area contributed by atoms with Crippen molar-refractivity contribution in [2.45, 2.75) is 50.3 Å². The Labute approximate surface area is 134 Å². The van der Waals surface area contributed by atoms with E-state index < -0.39 is 17.2 Å². The zero-order valence-electron chi connectivity index (χ0n) is 13.0. The van der Waals surface area contributed by atoms with Gasteiger partial charge in [-0.3, -0.25) is 4.79 Å². The first kappa shape index (κ1) is 16.3. The highest BCUT2D eigenvalue weighted by Crippen LogP contribution is 2.26. The van der Waals surface area contributed by atoms with Gasteiger partial charge in [0.25, 0.3) is 5.91 Å². The highest BCUT2D eigenvalue weighted by atomic mass is 19.2. The first-order valence-electron chi connectivity index (χ1n) is 8.17. The molecule has 1 saturated heterocycles. The van der Waals surface area contributed by atoms with E-state index in [1.54, 1.807) is 0 Å². The number of benzene rings is 1. The van der Waals surface area contributed by atoms with Crippen LogP contribution in [0.5, 0.6) is 0 Å². The van der Waals surface area contributed by atoms with Crippen LogP contribution in [-0.4, -0.2) is 40.6 Å². The van der Waals surface area contributed by atoms with E-state index in [2.05, 4.69) is 5.32 Å². The number of halogens is 2. The molecule has 2 fully saturated rings. The van der Waals surface area contributed by atoms with Gasteiger partial charge in [0.15, 0.2) is 17.2 Å². The summed E-state index contributed by atoms with van der Waals surface area (Å²) >= 11 is 0. The molecule has 6 heteroatoms. The Balaban J connectivity index is 1.64. The molecule has 4 nitrogen and oxygen atoms in total. The molecule has 1 aliphatic carbocycles. The van der Waals surface area contributed by atoms with Gasteiger partial charge >= 0.3 is 0 Å². The predicted molar refractivity (Wildman–Crippen MR) is 81.6 cm³/mol. The summed E-state index contributed by atoms with van der Waals surface area (Å²) < 4.78 is 26.3. The lowest BCUT2D eigenvalue weighted by Gasteiger charge is -2.40. The maximum Gasteiger partial charge on any atom is 0.256 e. The molecule has 0 unspecified atom stereocenters. The summed E-state index contributed by atoms with van der Waals surface area (Å²) in [4.78, 5) is 14.1. The highest BCUT2D eigenvalue weighted by Gasteiger charge is 2.42. The molecule has 23 heavy (non-hydrogen) atoms. The Morgan fingerprint density at radius 1 is 1.26 bits per heavy atom. The van der Waals surface area contributed by atoms with Gasteiger partial charge in [0.05, 0.1) is 0 Å². The highest BCUT2D eigenvalue weighted by molar-refractivity contribution is 5.86. The smallest absolute Gasteiger partial charge is 0.256 e. The quantitative estimate of drug-likeness (QED) is 0.870. The van der Waals surface area contributed by atoms with Gasteiger partial charge in [0, 0.05) is 25.7 Å². The molecule has 1 atom stereocenters. The molecule has 1 aromatic rings. The molecule has 0 spiro atoms. The summed E-state index contributed by atoms with van der Waals surface area (Å²) in [7, 11) is 0. The maximum absolute atomic E-state index is 13.3. The first-order chi connectivity index (χ1) is 11.0. The molecule has 0 radical (unpaired) electrons. The number of hydrogen-bond acceptors (Lipinski definition) is 3. The van der Waals surface area contributed by atoms with Crippen molar-refractivity contribution in [3.8, 4) is 0 Å². The normalized spacial score (nSPS) is 25.5. The van der Waals surface area contributed by atoms with Gasteiger partial charge < -0.3 is 15.3 Å². The van der Waals surface area contributed by atoms with E-state index in [1.807, 2.05) is 0 Å². The number of piperidine rings is 1. The van der Waals surface area contributed by atoms with E-state index in [-0.39, 0.29) is 19.0 Å². The van der Waals surface area contributed by atoms with Crippen LogP contribution in [0.25, 0.3) is 0 Å². The number of rotatable bonds is 5. The predicted octanol–water partition coefficient (Wildman–Crippen LogP) is 1.96. The Kier molecular flexibility index (Phi) is 4.64. The van der Waals surface area contributed by atoms with Crippen LogP contribution in [0.3, 0.4) is 0 Å². The topological polar surface area (TPSA) is 52.6 Å². The van der Waals surface area contributed by atoms with Crippen LogP contribution in [0.2, 0.25) is 0 Å². The Morgan fingerprint density at radius 3 is 2.70 bits per heavy atom. The van der Waals surface area contributed by atoms with Crippen molar-refractivity contribution in [1.82, 2.24) is 10.2 Å². The van der Waals surface area contributed by atoms with E-state index in [9.17, 15) is 18.7 Å². The summed E-state index contributed by atoms with van der Waals surface area (Å²) in [5.74, 6) is -2.16. The summed E-state index contributed by atoms with van der Waals surface area (Å²) in [5, 5.41) is 13.9. The fourth-order valence-corrected chi connectivity index (χ4v) is 3.16. The van der Waals surface area contributed by atoms with E-state index >= 15 is 0 Å². The fourth-order valence-electron chi connectivity index (χ4n) is 3.16. The van der Waals surface area contributed by atoms with E-state index in [1.165, 1.54) is 17.4 Å². The minimum Gasteiger partial charge on any atom is -0.379 e. The number of amides is 1. The molecule has 1 aliphatic heterocycles. The second kappa shape index (κ2) is 6.53. The monoisotopic (exact) mass is 324 g/mol. The number of carbonyl (C=O) groups excluding carboxylic acids is 1. The average molecular weight is 324 g/mol. The van der Waals surface area contributed by atoms with Crippen molar-refractivity contribution in [3.05, 3.63) is 35.4 Å². The molecule has 126 valence electrons. The van der Waals surface area contributed by atoms with Gasteiger partial charge in [-0.25, -0.2) is 8.78 Å². The Morgan fingerprint density at radius 2 is 2.04 bits per heavy atom. The molecule has 1 heterocycles. The third-order valence-corrected chi connectivity index (χ3v) is 4.85. The van der Waals surface area contributed by atoms with Gasteiger partial charge in [-0.1, -0.05) is 12.5 Å². The second-order valence-corrected chi connectivity index (χ2v) is 6.62. The van der Waals surface area contributed by atoms with E-state index in [4.69, 9.17) is 0 Å². The SMILES string of the molecule is O=C1N(Cc2ccc(F)c(F)c2)CCC[C@@]1(O)CNC1CCC1. The lowest BCUT2D eigenvalue weighted by molar-refractivity contribution is -0.157. The molecular formula is C17H22F2N2O2. The van der Waals surface area contributed by atoms with Crippen LogP contribution in [-0.2, 0) is 11.3 Å². The van der Waals surface area contributed by atoms with Crippen molar-refractivity contribution in [2.75, 3.05) is 13.1 Å². The zero-order chi connectivity index (χ0) is 16.4. The summed E-state index contributed by atoms with van der Waals surface area (Å²) in [6, 6.07) is 4.02. The molecule has 2 N–H and O–H groups in total. The van der Waals surface area contributed by atoms with Gasteiger partial charge in [-0.2, -0.15) is 0 Å². The maximum atomic E-state index is 13.3. The van der Waals surface area contributed by atoms with Gasteiger partial charge in [-0.05, 0) is 43.4 Å². The lowest BCUT2D eigenvalue weighted by Crippen LogP contribution is -2.59. The van der Waals surface area contributed by atoms with Crippen molar-refractivity contribution in [2.24, 2.45) is 0 Å². The standard InChI is InChI=1S/C17H22F2N2O2/c18-14-6-5-12(9-15(14)19)10-21-8-2-7-17(23,16(21)22)11-20-13-3-1-4-13/h5-6,9,13,20,23H,1-4,7-8,10-11H2/t17-/m1/s1. The molecule has 1 aromatic carbocycles.